The molecule has 0 radical (unpaired) electrons. The van der Waals surface area contributed by atoms with E-state index in [1.54, 1.807) is 11.3 Å². The molecule has 5 heteroatoms. The molecule has 19 heavy (non-hydrogen) atoms. The predicted octanol–water partition coefficient (Wildman–Crippen LogP) is 4.63. The molecule has 2 rings (SSSR count). The average molecular weight is 403 g/mol. The lowest BCUT2D eigenvalue weighted by Gasteiger charge is -2.14. The van der Waals surface area contributed by atoms with Gasteiger partial charge in [-0.2, -0.15) is 0 Å². The van der Waals surface area contributed by atoms with Gasteiger partial charge in [-0.15, -0.1) is 11.3 Å². The van der Waals surface area contributed by atoms with Crippen LogP contribution in [0.3, 0.4) is 0 Å². The van der Waals surface area contributed by atoms with Crippen molar-refractivity contribution in [2.75, 3.05) is 0 Å². The highest BCUT2D eigenvalue weighted by Gasteiger charge is 2.13. The molecule has 2 nitrogen and oxygen atoms in total. The van der Waals surface area contributed by atoms with Crippen molar-refractivity contribution in [3.63, 3.8) is 0 Å². The Morgan fingerprint density at radius 2 is 2.16 bits per heavy atom. The Bertz CT molecular complexity index is 569. The van der Waals surface area contributed by atoms with Crippen LogP contribution in [0, 0.1) is 0 Å². The number of carbonyl (C=O) groups is 1. The van der Waals surface area contributed by atoms with E-state index in [-0.39, 0.29) is 11.9 Å². The Morgan fingerprint density at radius 1 is 1.37 bits per heavy atom. The molecule has 0 aliphatic carbocycles. The van der Waals surface area contributed by atoms with Crippen molar-refractivity contribution in [1.82, 2.24) is 5.32 Å². The molecule has 0 aliphatic heterocycles. The number of rotatable bonds is 4. The monoisotopic (exact) mass is 401 g/mol. The Labute approximate surface area is 133 Å². The fourth-order valence-corrected chi connectivity index (χ4v) is 3.38. The molecule has 1 aromatic heterocycles. The molecule has 2 aromatic rings. The van der Waals surface area contributed by atoms with Crippen LogP contribution in [0.15, 0.2) is 44.7 Å². The Kier molecular flexibility index (Phi) is 5.19. The van der Waals surface area contributed by atoms with Crippen LogP contribution in [0.4, 0.5) is 0 Å². The van der Waals surface area contributed by atoms with Gasteiger partial charge in [-0.1, -0.05) is 22.0 Å². The van der Waals surface area contributed by atoms with Crippen molar-refractivity contribution >= 4 is 49.1 Å². The zero-order valence-electron chi connectivity index (χ0n) is 10.3. The lowest BCUT2D eigenvalue weighted by atomic mass is 10.1. The molecule has 1 heterocycles. The molecule has 0 spiro atoms. The van der Waals surface area contributed by atoms with Crippen molar-refractivity contribution in [2.45, 2.75) is 19.4 Å². The standard InChI is InChI=1S/C14H13Br2NOS/c1-9(7-11-3-2-6-19-11)17-14(18)12-8-10(15)4-5-13(12)16/h2-6,8-9H,7H2,1H3,(H,17,18). The minimum atomic E-state index is -0.0581. The van der Waals surface area contributed by atoms with Crippen LogP contribution in [0.5, 0.6) is 0 Å². The fraction of sp³-hybridized carbons (Fsp3) is 0.214. The molecule has 0 saturated carbocycles. The summed E-state index contributed by atoms with van der Waals surface area (Å²) >= 11 is 8.49. The van der Waals surface area contributed by atoms with Crippen LogP contribution in [0.2, 0.25) is 0 Å². The Hall–Kier alpha value is -0.650. The van der Waals surface area contributed by atoms with Crippen LogP contribution < -0.4 is 5.32 Å². The van der Waals surface area contributed by atoms with Gasteiger partial charge in [0.05, 0.1) is 5.56 Å². The number of benzene rings is 1. The molecule has 1 aromatic carbocycles. The van der Waals surface area contributed by atoms with E-state index in [2.05, 4.69) is 48.6 Å². The first-order valence-electron chi connectivity index (χ1n) is 5.84. The summed E-state index contributed by atoms with van der Waals surface area (Å²) < 4.78 is 1.70. The maximum absolute atomic E-state index is 12.2. The molecule has 0 aliphatic rings. The quantitative estimate of drug-likeness (QED) is 0.793. The van der Waals surface area contributed by atoms with E-state index in [0.29, 0.717) is 5.56 Å². The fourth-order valence-electron chi connectivity index (χ4n) is 1.75. The van der Waals surface area contributed by atoms with Gasteiger partial charge in [0.2, 0.25) is 0 Å². The number of thiophene rings is 1. The van der Waals surface area contributed by atoms with Gasteiger partial charge in [0.15, 0.2) is 0 Å². The third-order valence-corrected chi connectivity index (χ3v) is 4.72. The highest BCUT2D eigenvalue weighted by molar-refractivity contribution is 9.11. The second-order valence-electron chi connectivity index (χ2n) is 4.28. The van der Waals surface area contributed by atoms with E-state index in [9.17, 15) is 4.79 Å². The summed E-state index contributed by atoms with van der Waals surface area (Å²) in [4.78, 5) is 13.5. The average Bonchev–Trinajstić information content (AvgIpc) is 2.84. The summed E-state index contributed by atoms with van der Waals surface area (Å²) in [5.74, 6) is -0.0581. The molecular formula is C14H13Br2NOS. The Balaban J connectivity index is 2.02. The zero-order valence-corrected chi connectivity index (χ0v) is 14.3. The maximum atomic E-state index is 12.2. The molecule has 1 N–H and O–H groups in total. The second-order valence-corrected chi connectivity index (χ2v) is 7.08. The number of halogens is 2. The molecule has 1 atom stereocenters. The summed E-state index contributed by atoms with van der Waals surface area (Å²) in [5.41, 5.74) is 0.646. The minimum absolute atomic E-state index is 0.0581. The summed E-state index contributed by atoms with van der Waals surface area (Å²) in [6.07, 6.45) is 0.856. The Morgan fingerprint density at radius 3 is 2.84 bits per heavy atom. The third-order valence-electron chi connectivity index (χ3n) is 2.64. The van der Waals surface area contributed by atoms with Crippen LogP contribution in [-0.2, 0) is 6.42 Å². The molecule has 0 bridgehead atoms. The van der Waals surface area contributed by atoms with Crippen molar-refractivity contribution in [3.05, 3.63) is 55.1 Å². The van der Waals surface area contributed by atoms with Gasteiger partial charge >= 0.3 is 0 Å². The van der Waals surface area contributed by atoms with Gasteiger partial charge in [0.1, 0.15) is 0 Å². The first-order chi connectivity index (χ1) is 9.06. The van der Waals surface area contributed by atoms with Crippen LogP contribution >= 0.6 is 43.2 Å². The van der Waals surface area contributed by atoms with E-state index >= 15 is 0 Å². The summed E-state index contributed by atoms with van der Waals surface area (Å²) in [7, 11) is 0. The third kappa shape index (κ3) is 4.16. The van der Waals surface area contributed by atoms with E-state index in [4.69, 9.17) is 0 Å². The van der Waals surface area contributed by atoms with E-state index < -0.39 is 0 Å². The predicted molar refractivity (Wildman–Crippen MR) is 86.8 cm³/mol. The van der Waals surface area contributed by atoms with Gasteiger partial charge in [0.25, 0.3) is 5.91 Å². The molecule has 1 unspecified atom stereocenters. The van der Waals surface area contributed by atoms with Gasteiger partial charge in [-0.05, 0) is 52.5 Å². The molecule has 1 amide bonds. The molecule has 0 saturated heterocycles. The smallest absolute Gasteiger partial charge is 0.252 e. The van der Waals surface area contributed by atoms with Gasteiger partial charge in [0, 0.05) is 26.3 Å². The molecule has 100 valence electrons. The largest absolute Gasteiger partial charge is 0.349 e. The highest BCUT2D eigenvalue weighted by Crippen LogP contribution is 2.21. The van der Waals surface area contributed by atoms with Crippen molar-refractivity contribution in [1.29, 1.82) is 0 Å². The topological polar surface area (TPSA) is 29.1 Å². The molecular weight excluding hydrogens is 390 g/mol. The normalized spacial score (nSPS) is 12.2. The van der Waals surface area contributed by atoms with Crippen molar-refractivity contribution < 1.29 is 4.79 Å². The summed E-state index contributed by atoms with van der Waals surface area (Å²) in [6.45, 7) is 2.02. The highest BCUT2D eigenvalue weighted by atomic mass is 79.9. The van der Waals surface area contributed by atoms with Crippen LogP contribution in [0.1, 0.15) is 22.2 Å². The number of carbonyl (C=O) groups excluding carboxylic acids is 1. The molecule has 0 fully saturated rings. The number of hydrogen-bond donors (Lipinski definition) is 1. The minimum Gasteiger partial charge on any atom is -0.349 e. The van der Waals surface area contributed by atoms with Crippen molar-refractivity contribution in [3.8, 4) is 0 Å². The number of hydrogen-bond acceptors (Lipinski definition) is 2. The first kappa shape index (κ1) is 14.8. The van der Waals surface area contributed by atoms with Crippen LogP contribution in [-0.4, -0.2) is 11.9 Å². The van der Waals surface area contributed by atoms with E-state index in [0.717, 1.165) is 15.4 Å². The van der Waals surface area contributed by atoms with Gasteiger partial charge < -0.3 is 5.32 Å². The van der Waals surface area contributed by atoms with E-state index in [1.165, 1.54) is 4.88 Å². The van der Waals surface area contributed by atoms with Gasteiger partial charge in [-0.25, -0.2) is 0 Å². The summed E-state index contributed by atoms with van der Waals surface area (Å²) in [5, 5.41) is 5.07. The maximum Gasteiger partial charge on any atom is 0.252 e. The SMILES string of the molecule is CC(Cc1cccs1)NC(=O)c1cc(Br)ccc1Br. The zero-order chi connectivity index (χ0) is 13.8. The lowest BCUT2D eigenvalue weighted by molar-refractivity contribution is 0.0939. The van der Waals surface area contributed by atoms with E-state index in [1.807, 2.05) is 31.2 Å². The van der Waals surface area contributed by atoms with Crippen LogP contribution in [0.25, 0.3) is 0 Å². The van der Waals surface area contributed by atoms with Gasteiger partial charge in [-0.3, -0.25) is 4.79 Å². The first-order valence-corrected chi connectivity index (χ1v) is 8.31. The number of amides is 1. The lowest BCUT2D eigenvalue weighted by Crippen LogP contribution is -2.34. The van der Waals surface area contributed by atoms with Crippen molar-refractivity contribution in [2.24, 2.45) is 0 Å². The number of nitrogens with one attached hydrogen (secondary N) is 1. The second kappa shape index (κ2) is 6.68. The summed E-state index contributed by atoms with van der Waals surface area (Å²) in [6, 6.07) is 9.80.